The Morgan fingerprint density at radius 2 is 1.95 bits per heavy atom. The van der Waals surface area contributed by atoms with Crippen molar-refractivity contribution in [2.24, 2.45) is 0 Å². The fraction of sp³-hybridized carbons (Fsp3) is 0.267. The summed E-state index contributed by atoms with van der Waals surface area (Å²) in [6.45, 7) is 6.60. The van der Waals surface area contributed by atoms with E-state index in [9.17, 15) is 0 Å². The van der Waals surface area contributed by atoms with Crippen LogP contribution in [-0.4, -0.2) is 26.3 Å². The monoisotopic (exact) mass is 301 g/mol. The average molecular weight is 302 g/mol. The van der Waals surface area contributed by atoms with Crippen LogP contribution in [0.15, 0.2) is 24.3 Å². The molecule has 5 nitrogen and oxygen atoms in total. The third-order valence-electron chi connectivity index (χ3n) is 3.32. The van der Waals surface area contributed by atoms with Gasteiger partial charge in [-0.25, -0.2) is 9.67 Å². The number of halogens is 1. The van der Waals surface area contributed by atoms with Gasteiger partial charge in [0.1, 0.15) is 0 Å². The van der Waals surface area contributed by atoms with Gasteiger partial charge in [-0.15, -0.1) is 0 Å². The molecule has 3 rings (SSSR count). The van der Waals surface area contributed by atoms with Crippen molar-refractivity contribution < 1.29 is 0 Å². The lowest BCUT2D eigenvalue weighted by Crippen LogP contribution is -2.08. The second-order valence-electron chi connectivity index (χ2n) is 4.81. The van der Waals surface area contributed by atoms with Gasteiger partial charge in [0.05, 0.1) is 21.9 Å². The van der Waals surface area contributed by atoms with Gasteiger partial charge in [0.15, 0.2) is 5.82 Å². The zero-order chi connectivity index (χ0) is 15.0. The summed E-state index contributed by atoms with van der Waals surface area (Å²) < 4.78 is 1.78. The maximum absolute atomic E-state index is 6.26. The minimum atomic E-state index is 0.592. The molecule has 108 valence electrons. The predicted molar refractivity (Wildman–Crippen MR) is 85.3 cm³/mol. The van der Waals surface area contributed by atoms with Gasteiger partial charge in [-0.1, -0.05) is 23.7 Å². The van der Waals surface area contributed by atoms with Gasteiger partial charge in [0.25, 0.3) is 0 Å². The molecule has 1 N–H and O–H groups in total. The van der Waals surface area contributed by atoms with Crippen LogP contribution < -0.4 is 5.32 Å². The molecule has 0 aliphatic rings. The predicted octanol–water partition coefficient (Wildman–Crippen LogP) is 3.52. The van der Waals surface area contributed by atoms with E-state index in [0.717, 1.165) is 34.7 Å². The minimum absolute atomic E-state index is 0.592. The Bertz CT molecular complexity index is 809. The Labute approximate surface area is 128 Å². The molecule has 0 saturated carbocycles. The van der Waals surface area contributed by atoms with Gasteiger partial charge < -0.3 is 5.32 Å². The van der Waals surface area contributed by atoms with Crippen molar-refractivity contribution in [3.63, 3.8) is 0 Å². The van der Waals surface area contributed by atoms with Crippen molar-refractivity contribution in [1.82, 2.24) is 19.7 Å². The second-order valence-corrected chi connectivity index (χ2v) is 5.19. The van der Waals surface area contributed by atoms with E-state index >= 15 is 0 Å². The normalized spacial score (nSPS) is 11.0. The molecule has 0 unspecified atom stereocenters. The van der Waals surface area contributed by atoms with Gasteiger partial charge in [-0.3, -0.25) is 0 Å². The van der Waals surface area contributed by atoms with Crippen LogP contribution in [-0.2, 0) is 0 Å². The van der Waals surface area contributed by atoms with E-state index in [-0.39, 0.29) is 0 Å². The van der Waals surface area contributed by atoms with Crippen molar-refractivity contribution in [2.75, 3.05) is 11.9 Å². The number of aromatic nitrogens is 4. The molecule has 0 radical (unpaired) electrons. The number of fused-ring (bicyclic) bond motifs is 1. The van der Waals surface area contributed by atoms with E-state index in [2.05, 4.69) is 20.4 Å². The van der Waals surface area contributed by atoms with Crippen molar-refractivity contribution in [2.45, 2.75) is 20.8 Å². The lowest BCUT2D eigenvalue weighted by Gasteiger charge is -2.10. The zero-order valence-corrected chi connectivity index (χ0v) is 12.9. The van der Waals surface area contributed by atoms with Crippen LogP contribution in [0.25, 0.3) is 16.7 Å². The zero-order valence-electron chi connectivity index (χ0n) is 12.2. The molecule has 0 bridgehead atoms. The Morgan fingerprint density at radius 3 is 2.62 bits per heavy atom. The Hall–Kier alpha value is -2.14. The van der Waals surface area contributed by atoms with E-state index < -0.39 is 0 Å². The molecule has 2 aromatic heterocycles. The molecule has 6 heteroatoms. The standard InChI is InChI=1S/C15H16ClN5/c1-4-17-15-18-12-8-6-5-7-11(12)14(19-15)21-10(3)13(16)9(2)20-21/h5-8H,4H2,1-3H3,(H,17,18,19). The first kappa shape index (κ1) is 13.8. The first-order chi connectivity index (χ1) is 10.1. The molecule has 2 heterocycles. The van der Waals surface area contributed by atoms with Gasteiger partial charge >= 0.3 is 0 Å². The van der Waals surface area contributed by atoms with Gasteiger partial charge in [-0.2, -0.15) is 10.1 Å². The fourth-order valence-corrected chi connectivity index (χ4v) is 2.41. The summed E-state index contributed by atoms with van der Waals surface area (Å²) in [6, 6.07) is 7.89. The molecule has 0 atom stereocenters. The number of benzene rings is 1. The van der Waals surface area contributed by atoms with E-state index in [4.69, 9.17) is 11.6 Å². The molecule has 0 amide bonds. The Balaban J connectivity index is 2.31. The topological polar surface area (TPSA) is 55.6 Å². The van der Waals surface area contributed by atoms with Crippen molar-refractivity contribution >= 4 is 28.5 Å². The summed E-state index contributed by atoms with van der Waals surface area (Å²) in [5.74, 6) is 1.33. The fourth-order valence-electron chi connectivity index (χ4n) is 2.29. The van der Waals surface area contributed by atoms with Crippen LogP contribution in [0.4, 0.5) is 5.95 Å². The van der Waals surface area contributed by atoms with Crippen LogP contribution in [0.1, 0.15) is 18.3 Å². The van der Waals surface area contributed by atoms with Crippen molar-refractivity contribution in [3.8, 4) is 5.82 Å². The summed E-state index contributed by atoms with van der Waals surface area (Å²) in [6.07, 6.45) is 0. The van der Waals surface area contributed by atoms with Crippen LogP contribution in [0.2, 0.25) is 5.02 Å². The summed E-state index contributed by atoms with van der Waals surface area (Å²) in [4.78, 5) is 9.11. The van der Waals surface area contributed by atoms with E-state index in [1.54, 1.807) is 4.68 Å². The molecule has 0 spiro atoms. The highest BCUT2D eigenvalue weighted by molar-refractivity contribution is 6.31. The van der Waals surface area contributed by atoms with Crippen LogP contribution in [0, 0.1) is 13.8 Å². The van der Waals surface area contributed by atoms with Crippen LogP contribution in [0.5, 0.6) is 0 Å². The lowest BCUT2D eigenvalue weighted by atomic mass is 10.2. The second kappa shape index (κ2) is 5.33. The molecule has 0 aliphatic heterocycles. The molecule has 0 aliphatic carbocycles. The molecular weight excluding hydrogens is 286 g/mol. The highest BCUT2D eigenvalue weighted by atomic mass is 35.5. The number of aryl methyl sites for hydroxylation is 1. The first-order valence-electron chi connectivity index (χ1n) is 6.84. The summed E-state index contributed by atoms with van der Waals surface area (Å²) in [7, 11) is 0. The van der Waals surface area contributed by atoms with Gasteiger partial charge in [-0.05, 0) is 32.9 Å². The molecule has 21 heavy (non-hydrogen) atoms. The van der Waals surface area contributed by atoms with Gasteiger partial charge in [0, 0.05) is 11.9 Å². The Morgan fingerprint density at radius 1 is 1.19 bits per heavy atom. The largest absolute Gasteiger partial charge is 0.354 e. The van der Waals surface area contributed by atoms with Crippen LogP contribution in [0.3, 0.4) is 0 Å². The lowest BCUT2D eigenvalue weighted by molar-refractivity contribution is 0.810. The van der Waals surface area contributed by atoms with E-state index in [1.807, 2.05) is 45.0 Å². The number of hydrogen-bond acceptors (Lipinski definition) is 4. The third kappa shape index (κ3) is 2.34. The number of nitrogens with one attached hydrogen (secondary N) is 1. The van der Waals surface area contributed by atoms with Gasteiger partial charge in [0.2, 0.25) is 5.95 Å². The van der Waals surface area contributed by atoms with Crippen LogP contribution >= 0.6 is 11.6 Å². The highest BCUT2D eigenvalue weighted by Crippen LogP contribution is 2.26. The average Bonchev–Trinajstić information content (AvgIpc) is 2.74. The number of rotatable bonds is 3. The maximum Gasteiger partial charge on any atom is 0.225 e. The quantitative estimate of drug-likeness (QED) is 0.804. The molecule has 1 aromatic carbocycles. The number of anilines is 1. The maximum atomic E-state index is 6.26. The number of nitrogens with zero attached hydrogens (tertiary/aromatic N) is 4. The molecular formula is C15H16ClN5. The van der Waals surface area contributed by atoms with Crippen molar-refractivity contribution in [3.05, 3.63) is 40.7 Å². The minimum Gasteiger partial charge on any atom is -0.354 e. The summed E-state index contributed by atoms with van der Waals surface area (Å²) >= 11 is 6.26. The first-order valence-corrected chi connectivity index (χ1v) is 7.22. The van der Waals surface area contributed by atoms with E-state index in [1.165, 1.54) is 0 Å². The Kier molecular flexibility index (Phi) is 3.51. The smallest absolute Gasteiger partial charge is 0.225 e. The summed E-state index contributed by atoms with van der Waals surface area (Å²) in [5, 5.41) is 9.27. The molecule has 0 saturated heterocycles. The molecule has 3 aromatic rings. The third-order valence-corrected chi connectivity index (χ3v) is 3.87. The summed E-state index contributed by atoms with van der Waals surface area (Å²) in [5.41, 5.74) is 2.55. The molecule has 0 fully saturated rings. The van der Waals surface area contributed by atoms with Crippen molar-refractivity contribution in [1.29, 1.82) is 0 Å². The number of hydrogen-bond donors (Lipinski definition) is 1. The van der Waals surface area contributed by atoms with E-state index in [0.29, 0.717) is 11.0 Å². The number of para-hydroxylation sites is 1. The highest BCUT2D eigenvalue weighted by Gasteiger charge is 2.15. The SMILES string of the molecule is CCNc1nc(-n2nc(C)c(Cl)c2C)c2ccccc2n1.